The minimum absolute atomic E-state index is 0.0156. The standard InChI is InChI=1S/C24H23N5O2/c30-23(17-3-6-20(7-4-17)28-11-1-2-12-28)27-19-9-13-29(14-10-19)24(31)18-5-8-21-22(15-18)26-16-25-21/h1-8,11-12,15-16,19H,9-10,13-14H2,(H,25,26)(H,27,30). The molecule has 2 amide bonds. The van der Waals surface area contributed by atoms with Gasteiger partial charge in [0.05, 0.1) is 17.4 Å². The molecule has 0 unspecified atom stereocenters. The number of hydrogen-bond donors (Lipinski definition) is 2. The number of benzene rings is 2. The normalized spacial score (nSPS) is 14.6. The smallest absolute Gasteiger partial charge is 0.253 e. The third-order valence-corrected chi connectivity index (χ3v) is 5.82. The number of carbonyl (C=O) groups is 2. The SMILES string of the molecule is O=C(NC1CCN(C(=O)c2ccc3nc[nH]c3c2)CC1)c1ccc(-n2cccc2)cc1. The summed E-state index contributed by atoms with van der Waals surface area (Å²) in [7, 11) is 0. The quantitative estimate of drug-likeness (QED) is 0.538. The molecule has 0 saturated carbocycles. The van der Waals surface area contributed by atoms with Gasteiger partial charge < -0.3 is 19.8 Å². The van der Waals surface area contributed by atoms with E-state index in [-0.39, 0.29) is 17.9 Å². The Morgan fingerprint density at radius 3 is 2.42 bits per heavy atom. The first-order chi connectivity index (χ1) is 15.2. The van der Waals surface area contributed by atoms with Crippen LogP contribution in [-0.4, -0.2) is 50.4 Å². The molecular formula is C24H23N5O2. The van der Waals surface area contributed by atoms with Crippen LogP contribution in [0.25, 0.3) is 16.7 Å². The maximum Gasteiger partial charge on any atom is 0.253 e. The van der Waals surface area contributed by atoms with Gasteiger partial charge in [0.25, 0.3) is 11.8 Å². The highest BCUT2D eigenvalue weighted by molar-refractivity contribution is 5.97. The highest BCUT2D eigenvalue weighted by Gasteiger charge is 2.25. The number of nitrogens with one attached hydrogen (secondary N) is 2. The zero-order valence-corrected chi connectivity index (χ0v) is 17.0. The van der Waals surface area contributed by atoms with Crippen molar-refractivity contribution in [1.29, 1.82) is 0 Å². The Labute approximate surface area is 179 Å². The van der Waals surface area contributed by atoms with E-state index in [9.17, 15) is 9.59 Å². The van der Waals surface area contributed by atoms with Crippen molar-refractivity contribution in [3.05, 3.63) is 84.4 Å². The van der Waals surface area contributed by atoms with E-state index in [1.807, 2.05) is 76.5 Å². The number of aromatic nitrogens is 3. The van der Waals surface area contributed by atoms with Gasteiger partial charge in [-0.3, -0.25) is 9.59 Å². The van der Waals surface area contributed by atoms with Crippen molar-refractivity contribution in [2.24, 2.45) is 0 Å². The van der Waals surface area contributed by atoms with Crippen LogP contribution in [0, 0.1) is 0 Å². The van der Waals surface area contributed by atoms with Crippen molar-refractivity contribution in [3.8, 4) is 5.69 Å². The van der Waals surface area contributed by atoms with Crippen molar-refractivity contribution in [2.45, 2.75) is 18.9 Å². The third kappa shape index (κ3) is 3.94. The second-order valence-corrected chi connectivity index (χ2v) is 7.81. The molecular weight excluding hydrogens is 390 g/mol. The molecule has 7 nitrogen and oxygen atoms in total. The number of hydrogen-bond acceptors (Lipinski definition) is 3. The molecule has 0 aliphatic carbocycles. The van der Waals surface area contributed by atoms with Crippen LogP contribution in [0.4, 0.5) is 0 Å². The van der Waals surface area contributed by atoms with Crippen LogP contribution in [0.3, 0.4) is 0 Å². The minimum atomic E-state index is -0.0754. The molecule has 31 heavy (non-hydrogen) atoms. The van der Waals surface area contributed by atoms with Gasteiger partial charge in [-0.15, -0.1) is 0 Å². The van der Waals surface area contributed by atoms with E-state index in [1.54, 1.807) is 6.33 Å². The maximum absolute atomic E-state index is 12.8. The van der Waals surface area contributed by atoms with E-state index in [2.05, 4.69) is 15.3 Å². The van der Waals surface area contributed by atoms with Gasteiger partial charge in [-0.1, -0.05) is 0 Å². The predicted octanol–water partition coefficient (Wildman–Crippen LogP) is 3.39. The fraction of sp³-hybridized carbons (Fsp3) is 0.208. The molecule has 1 aliphatic rings. The highest BCUT2D eigenvalue weighted by Crippen LogP contribution is 2.18. The monoisotopic (exact) mass is 413 g/mol. The molecule has 1 aliphatic heterocycles. The number of likely N-dealkylation sites (tertiary alicyclic amines) is 1. The largest absolute Gasteiger partial charge is 0.349 e. The summed E-state index contributed by atoms with van der Waals surface area (Å²) >= 11 is 0. The van der Waals surface area contributed by atoms with Crippen LogP contribution in [0.2, 0.25) is 0 Å². The van der Waals surface area contributed by atoms with E-state index in [4.69, 9.17) is 0 Å². The summed E-state index contributed by atoms with van der Waals surface area (Å²) in [6.07, 6.45) is 7.05. The number of nitrogens with zero attached hydrogens (tertiary/aromatic N) is 3. The van der Waals surface area contributed by atoms with Crippen LogP contribution >= 0.6 is 0 Å². The lowest BCUT2D eigenvalue weighted by Gasteiger charge is -2.32. The number of imidazole rings is 1. The first-order valence-corrected chi connectivity index (χ1v) is 10.4. The number of piperidine rings is 1. The van der Waals surface area contributed by atoms with Crippen LogP contribution in [0.15, 0.2) is 73.3 Å². The molecule has 2 aromatic heterocycles. The maximum atomic E-state index is 12.8. The van der Waals surface area contributed by atoms with E-state index < -0.39 is 0 Å². The van der Waals surface area contributed by atoms with Gasteiger partial charge in [0.15, 0.2) is 0 Å². The Balaban J connectivity index is 1.17. The average molecular weight is 413 g/mol. The average Bonchev–Trinajstić information content (AvgIpc) is 3.51. The lowest BCUT2D eigenvalue weighted by molar-refractivity contribution is 0.0698. The third-order valence-electron chi connectivity index (χ3n) is 5.82. The molecule has 1 saturated heterocycles. The van der Waals surface area contributed by atoms with Gasteiger partial charge in [-0.05, 0) is 67.4 Å². The Morgan fingerprint density at radius 1 is 0.968 bits per heavy atom. The molecule has 2 N–H and O–H groups in total. The molecule has 4 aromatic rings. The van der Waals surface area contributed by atoms with E-state index in [1.165, 1.54) is 0 Å². The second kappa shape index (κ2) is 8.10. The summed E-state index contributed by atoms with van der Waals surface area (Å²) in [5.41, 5.74) is 4.01. The molecule has 1 fully saturated rings. The van der Waals surface area contributed by atoms with Crippen LogP contribution in [-0.2, 0) is 0 Å². The summed E-state index contributed by atoms with van der Waals surface area (Å²) in [5.74, 6) is -0.0598. The van der Waals surface area contributed by atoms with Crippen LogP contribution in [0.1, 0.15) is 33.6 Å². The van der Waals surface area contributed by atoms with Crippen molar-refractivity contribution >= 4 is 22.8 Å². The van der Waals surface area contributed by atoms with Gasteiger partial charge in [0.1, 0.15) is 0 Å². The van der Waals surface area contributed by atoms with E-state index >= 15 is 0 Å². The van der Waals surface area contributed by atoms with Crippen molar-refractivity contribution < 1.29 is 9.59 Å². The fourth-order valence-electron chi connectivity index (χ4n) is 4.04. The zero-order chi connectivity index (χ0) is 21.2. The van der Waals surface area contributed by atoms with Crippen LogP contribution in [0.5, 0.6) is 0 Å². The molecule has 0 atom stereocenters. The topological polar surface area (TPSA) is 83.0 Å². The number of H-pyrrole nitrogens is 1. The molecule has 7 heteroatoms. The number of rotatable bonds is 4. The van der Waals surface area contributed by atoms with Crippen molar-refractivity contribution in [3.63, 3.8) is 0 Å². The molecule has 0 radical (unpaired) electrons. The number of fused-ring (bicyclic) bond motifs is 1. The molecule has 2 aromatic carbocycles. The van der Waals surface area contributed by atoms with Gasteiger partial charge in [0, 0.05) is 48.3 Å². The van der Waals surface area contributed by atoms with E-state index in [0.717, 1.165) is 29.6 Å². The van der Waals surface area contributed by atoms with Gasteiger partial charge >= 0.3 is 0 Å². The molecule has 156 valence electrons. The molecule has 0 bridgehead atoms. The summed E-state index contributed by atoms with van der Waals surface area (Å²) in [6.45, 7) is 1.24. The van der Waals surface area contributed by atoms with Gasteiger partial charge in [-0.2, -0.15) is 0 Å². The summed E-state index contributed by atoms with van der Waals surface area (Å²) in [5, 5.41) is 3.11. The summed E-state index contributed by atoms with van der Waals surface area (Å²) < 4.78 is 2.00. The van der Waals surface area contributed by atoms with Crippen molar-refractivity contribution in [1.82, 2.24) is 24.8 Å². The Hall–Kier alpha value is -3.87. The van der Waals surface area contributed by atoms with Gasteiger partial charge in [-0.25, -0.2) is 4.98 Å². The number of carbonyl (C=O) groups excluding carboxylic acids is 2. The lowest BCUT2D eigenvalue weighted by Crippen LogP contribution is -2.46. The number of aromatic amines is 1. The number of amides is 2. The zero-order valence-electron chi connectivity index (χ0n) is 17.0. The highest BCUT2D eigenvalue weighted by atomic mass is 16.2. The van der Waals surface area contributed by atoms with Crippen LogP contribution < -0.4 is 5.32 Å². The Bertz CT molecular complexity index is 1200. The van der Waals surface area contributed by atoms with Gasteiger partial charge in [0.2, 0.25) is 0 Å². The predicted molar refractivity (Wildman–Crippen MR) is 118 cm³/mol. The molecule has 0 spiro atoms. The first-order valence-electron chi connectivity index (χ1n) is 10.4. The summed E-state index contributed by atoms with van der Waals surface area (Å²) in [4.78, 5) is 34.6. The Kier molecular flexibility index (Phi) is 5.00. The molecule has 5 rings (SSSR count). The first kappa shape index (κ1) is 19.1. The summed E-state index contributed by atoms with van der Waals surface area (Å²) in [6, 6.07) is 17.1. The fourth-order valence-corrected chi connectivity index (χ4v) is 4.04. The lowest BCUT2D eigenvalue weighted by atomic mass is 10.0. The Morgan fingerprint density at radius 2 is 1.68 bits per heavy atom. The second-order valence-electron chi connectivity index (χ2n) is 7.81. The van der Waals surface area contributed by atoms with Crippen molar-refractivity contribution in [2.75, 3.05) is 13.1 Å². The molecule has 3 heterocycles. The minimum Gasteiger partial charge on any atom is -0.349 e. The van der Waals surface area contributed by atoms with E-state index in [0.29, 0.717) is 24.2 Å².